The van der Waals surface area contributed by atoms with Crippen LogP contribution >= 0.6 is 0 Å². The molecular formula is C41H19F6N5. The van der Waals surface area contributed by atoms with Gasteiger partial charge in [0.25, 0.3) is 0 Å². The monoisotopic (exact) mass is 695 g/mol. The Labute approximate surface area is 290 Å². The maximum Gasteiger partial charge on any atom is 0.417 e. The van der Waals surface area contributed by atoms with Gasteiger partial charge in [0.05, 0.1) is 57.3 Å². The fraction of sp³-hybridized carbons (Fsp3) is 0.0488. The lowest BCUT2D eigenvalue weighted by Gasteiger charge is -2.21. The molecule has 0 unspecified atom stereocenters. The van der Waals surface area contributed by atoms with Crippen molar-refractivity contribution in [2.75, 3.05) is 0 Å². The normalized spacial score (nSPS) is 12.0. The van der Waals surface area contributed by atoms with Crippen molar-refractivity contribution < 1.29 is 26.3 Å². The van der Waals surface area contributed by atoms with Crippen LogP contribution in [-0.4, -0.2) is 9.13 Å². The van der Waals surface area contributed by atoms with Crippen LogP contribution in [0.15, 0.2) is 115 Å². The highest BCUT2D eigenvalue weighted by Gasteiger charge is 2.39. The topological polar surface area (TPSA) is 61.8 Å². The van der Waals surface area contributed by atoms with Crippen LogP contribution in [0.4, 0.5) is 32.0 Å². The molecule has 0 bridgehead atoms. The van der Waals surface area contributed by atoms with Gasteiger partial charge in [0, 0.05) is 27.1 Å². The predicted molar refractivity (Wildman–Crippen MR) is 186 cm³/mol. The molecule has 5 nitrogen and oxygen atoms in total. The van der Waals surface area contributed by atoms with E-state index in [1.165, 1.54) is 12.1 Å². The third-order valence-corrected chi connectivity index (χ3v) is 9.24. The van der Waals surface area contributed by atoms with Crippen molar-refractivity contribution in [2.24, 2.45) is 0 Å². The van der Waals surface area contributed by atoms with Crippen molar-refractivity contribution in [2.45, 2.75) is 12.4 Å². The molecule has 0 spiro atoms. The SMILES string of the molecule is [C-]#[N+]c1ccc2c3ccccc3n(-c3cc(-c4ccc(C(F)(F)F)cc4C(F)(F)F)cc(-n4c5ccccc5c5ccc(C#N)cc54)c3C#N)c2c1. The second kappa shape index (κ2) is 11.5. The van der Waals surface area contributed by atoms with Crippen molar-refractivity contribution in [3.8, 4) is 34.6 Å². The summed E-state index contributed by atoms with van der Waals surface area (Å²) >= 11 is 0. The first-order valence-corrected chi connectivity index (χ1v) is 15.6. The third kappa shape index (κ3) is 4.93. The zero-order valence-corrected chi connectivity index (χ0v) is 26.5. The Balaban J connectivity index is 1.59. The van der Waals surface area contributed by atoms with E-state index < -0.39 is 29.0 Å². The zero-order chi connectivity index (χ0) is 36.5. The van der Waals surface area contributed by atoms with Crippen LogP contribution in [0.25, 0.3) is 71.0 Å². The lowest BCUT2D eigenvalue weighted by Crippen LogP contribution is -2.12. The zero-order valence-electron chi connectivity index (χ0n) is 26.5. The minimum absolute atomic E-state index is 0.0325. The standard InChI is InChI=1S/C41H19F6N5/c1-50-26-12-15-31-29-7-3-5-9-35(29)52(39(31)20-26)38-18-24(27-14-11-25(40(42,43)44)19-33(27)41(45,46)47)17-37(32(38)22-49)51-34-8-4-2-6-28(34)30-13-10-23(21-48)16-36(30)51/h2-20H. The molecule has 0 aliphatic rings. The third-order valence-electron chi connectivity index (χ3n) is 9.24. The van der Waals surface area contributed by atoms with Gasteiger partial charge in [-0.2, -0.15) is 36.9 Å². The van der Waals surface area contributed by atoms with Crippen LogP contribution in [0.5, 0.6) is 0 Å². The number of alkyl halides is 6. The summed E-state index contributed by atoms with van der Waals surface area (Å²) in [6, 6.07) is 33.0. The predicted octanol–water partition coefficient (Wildman–Crippen LogP) is 11.9. The van der Waals surface area contributed by atoms with Gasteiger partial charge in [-0.15, -0.1) is 0 Å². The molecule has 11 heteroatoms. The molecule has 0 fully saturated rings. The first kappa shape index (κ1) is 32.2. The Kier molecular flexibility index (Phi) is 7.13. The number of halogens is 6. The molecule has 0 atom stereocenters. The second-order valence-corrected chi connectivity index (χ2v) is 12.1. The summed E-state index contributed by atoms with van der Waals surface area (Å²) in [7, 11) is 0. The highest BCUT2D eigenvalue weighted by molar-refractivity contribution is 6.12. The number of fused-ring (bicyclic) bond motifs is 6. The minimum Gasteiger partial charge on any atom is -0.309 e. The molecule has 8 rings (SSSR count). The summed E-state index contributed by atoms with van der Waals surface area (Å²) in [5, 5.41) is 23.7. The average Bonchev–Trinajstić information content (AvgIpc) is 3.65. The highest BCUT2D eigenvalue weighted by Crippen LogP contribution is 2.45. The van der Waals surface area contributed by atoms with E-state index in [1.807, 2.05) is 24.3 Å². The molecule has 0 radical (unpaired) electrons. The summed E-state index contributed by atoms with van der Waals surface area (Å²) in [6.45, 7) is 7.66. The van der Waals surface area contributed by atoms with E-state index in [0.717, 1.165) is 16.8 Å². The van der Waals surface area contributed by atoms with E-state index in [2.05, 4.69) is 17.0 Å². The largest absolute Gasteiger partial charge is 0.417 e. The van der Waals surface area contributed by atoms with E-state index in [4.69, 9.17) is 6.57 Å². The summed E-state index contributed by atoms with van der Waals surface area (Å²) in [6.07, 6.45) is -10.2. The fourth-order valence-corrected chi connectivity index (χ4v) is 7.03. The number of hydrogen-bond donors (Lipinski definition) is 0. The molecule has 2 aromatic heterocycles. The van der Waals surface area contributed by atoms with Crippen molar-refractivity contribution in [1.29, 1.82) is 10.5 Å². The quantitative estimate of drug-likeness (QED) is 0.136. The number of rotatable bonds is 3. The van der Waals surface area contributed by atoms with Gasteiger partial charge in [0.2, 0.25) is 0 Å². The number of nitriles is 2. The van der Waals surface area contributed by atoms with Gasteiger partial charge in [-0.3, -0.25) is 0 Å². The van der Waals surface area contributed by atoms with Crippen LogP contribution in [0.2, 0.25) is 0 Å². The maximum absolute atomic E-state index is 14.7. The van der Waals surface area contributed by atoms with Crippen molar-refractivity contribution in [3.05, 3.63) is 149 Å². The number of para-hydroxylation sites is 2. The fourth-order valence-electron chi connectivity index (χ4n) is 7.03. The Morgan fingerprint density at radius 1 is 0.558 bits per heavy atom. The van der Waals surface area contributed by atoms with Crippen LogP contribution < -0.4 is 0 Å². The first-order chi connectivity index (χ1) is 24.9. The molecule has 0 aliphatic heterocycles. The van der Waals surface area contributed by atoms with E-state index in [0.29, 0.717) is 44.5 Å². The number of benzene rings is 6. The van der Waals surface area contributed by atoms with E-state index in [1.54, 1.807) is 69.8 Å². The van der Waals surface area contributed by atoms with Gasteiger partial charge in [0.15, 0.2) is 5.69 Å². The molecule has 52 heavy (non-hydrogen) atoms. The van der Waals surface area contributed by atoms with Crippen LogP contribution in [0.1, 0.15) is 22.3 Å². The Morgan fingerprint density at radius 2 is 1.12 bits per heavy atom. The Bertz CT molecular complexity index is 2770. The van der Waals surface area contributed by atoms with Gasteiger partial charge >= 0.3 is 12.4 Å². The lowest BCUT2D eigenvalue weighted by molar-refractivity contribution is -0.142. The first-order valence-electron chi connectivity index (χ1n) is 15.6. The molecule has 2 heterocycles. The van der Waals surface area contributed by atoms with Gasteiger partial charge < -0.3 is 9.13 Å². The van der Waals surface area contributed by atoms with E-state index in [9.17, 15) is 36.9 Å². The molecule has 0 saturated carbocycles. The number of nitrogens with zero attached hydrogens (tertiary/aromatic N) is 5. The Hall–Kier alpha value is -7.03. The van der Waals surface area contributed by atoms with Crippen LogP contribution in [0, 0.1) is 29.2 Å². The molecule has 0 amide bonds. The van der Waals surface area contributed by atoms with Gasteiger partial charge in [-0.05, 0) is 65.7 Å². The van der Waals surface area contributed by atoms with Crippen molar-refractivity contribution >= 4 is 49.3 Å². The highest BCUT2D eigenvalue weighted by atomic mass is 19.4. The van der Waals surface area contributed by atoms with Gasteiger partial charge in [-0.1, -0.05) is 60.7 Å². The molecule has 8 aromatic rings. The summed E-state index contributed by atoms with van der Waals surface area (Å²) in [4.78, 5) is 3.57. The van der Waals surface area contributed by atoms with Gasteiger partial charge in [0.1, 0.15) is 11.6 Å². The number of aromatic nitrogens is 2. The Morgan fingerprint density at radius 3 is 1.65 bits per heavy atom. The summed E-state index contributed by atoms with van der Waals surface area (Å²) in [5.41, 5.74) is -0.595. The van der Waals surface area contributed by atoms with Crippen molar-refractivity contribution in [3.63, 3.8) is 0 Å². The van der Waals surface area contributed by atoms with E-state index in [-0.39, 0.29) is 34.3 Å². The van der Waals surface area contributed by atoms with Crippen LogP contribution in [-0.2, 0) is 12.4 Å². The molecule has 0 saturated heterocycles. The molecular weight excluding hydrogens is 676 g/mol. The summed E-state index contributed by atoms with van der Waals surface area (Å²) < 4.78 is 88.8. The summed E-state index contributed by atoms with van der Waals surface area (Å²) in [5.74, 6) is 0. The van der Waals surface area contributed by atoms with Crippen molar-refractivity contribution in [1.82, 2.24) is 9.13 Å². The average molecular weight is 696 g/mol. The lowest BCUT2D eigenvalue weighted by atomic mass is 9.94. The molecule has 0 aliphatic carbocycles. The van der Waals surface area contributed by atoms with E-state index >= 15 is 0 Å². The smallest absolute Gasteiger partial charge is 0.309 e. The maximum atomic E-state index is 14.7. The van der Waals surface area contributed by atoms with Crippen LogP contribution in [0.3, 0.4) is 0 Å². The van der Waals surface area contributed by atoms with Gasteiger partial charge in [-0.25, -0.2) is 4.85 Å². The molecule has 250 valence electrons. The number of hydrogen-bond acceptors (Lipinski definition) is 2. The molecule has 6 aromatic carbocycles. The minimum atomic E-state index is -5.18. The second-order valence-electron chi connectivity index (χ2n) is 12.1. The molecule has 0 N–H and O–H groups in total.